The maximum atomic E-state index is 12.7. The summed E-state index contributed by atoms with van der Waals surface area (Å²) in [5.74, 6) is -2.48. The fourth-order valence-electron chi connectivity index (χ4n) is 3.15. The highest BCUT2D eigenvalue weighted by atomic mass is 32.2. The van der Waals surface area contributed by atoms with Gasteiger partial charge in [0, 0.05) is 22.7 Å². The molecule has 0 fully saturated rings. The minimum Gasteiger partial charge on any atom is -0.481 e. The van der Waals surface area contributed by atoms with Crippen LogP contribution in [0.3, 0.4) is 0 Å². The normalized spacial score (nSPS) is 17.1. The second-order valence-electron chi connectivity index (χ2n) is 6.55. The molecule has 0 spiro atoms. The molecule has 1 aromatic carbocycles. The Morgan fingerprint density at radius 1 is 1.33 bits per heavy atom. The lowest BCUT2D eigenvalue weighted by molar-refractivity contribution is -0.142. The lowest BCUT2D eigenvalue weighted by Crippen LogP contribution is -2.40. The van der Waals surface area contributed by atoms with Crippen LogP contribution < -0.4 is 0 Å². The van der Waals surface area contributed by atoms with Crippen LogP contribution in [0.1, 0.15) is 24.3 Å². The van der Waals surface area contributed by atoms with E-state index in [1.54, 1.807) is 25.2 Å². The lowest BCUT2D eigenvalue weighted by atomic mass is 9.98. The van der Waals surface area contributed by atoms with Crippen molar-refractivity contribution in [2.24, 2.45) is 11.8 Å². The Kier molecular flexibility index (Phi) is 4.68. The number of aliphatic carboxylic acids is 1. The van der Waals surface area contributed by atoms with Crippen LogP contribution in [0.4, 0.5) is 0 Å². The predicted molar refractivity (Wildman–Crippen MR) is 95.7 cm³/mol. The standard InChI is InChI=1S/C17H21NO4S2/c1-11(2)14(17(19)20)10-24(21,22)18-8-7-13-12-5-3-4-6-15(12)23-16(13)9-18/h3-6,11,14H,7-10H2,1-2H3,(H,19,20)/t14-/m0/s1. The number of rotatable bonds is 5. The molecule has 0 unspecified atom stereocenters. The molecule has 3 rings (SSSR count). The van der Waals surface area contributed by atoms with Crippen molar-refractivity contribution < 1.29 is 18.3 Å². The van der Waals surface area contributed by atoms with Crippen molar-refractivity contribution in [3.8, 4) is 0 Å². The van der Waals surface area contributed by atoms with Gasteiger partial charge >= 0.3 is 5.97 Å². The van der Waals surface area contributed by atoms with E-state index in [0.717, 1.165) is 4.88 Å². The quantitative estimate of drug-likeness (QED) is 0.882. The van der Waals surface area contributed by atoms with Crippen molar-refractivity contribution in [3.63, 3.8) is 0 Å². The van der Waals surface area contributed by atoms with E-state index in [2.05, 4.69) is 12.1 Å². The smallest absolute Gasteiger partial charge is 0.307 e. The topological polar surface area (TPSA) is 74.7 Å². The van der Waals surface area contributed by atoms with E-state index < -0.39 is 21.9 Å². The van der Waals surface area contributed by atoms with Crippen LogP contribution in [0.5, 0.6) is 0 Å². The number of carbonyl (C=O) groups is 1. The summed E-state index contributed by atoms with van der Waals surface area (Å²) in [6.45, 7) is 4.26. The van der Waals surface area contributed by atoms with Crippen LogP contribution in [-0.2, 0) is 27.8 Å². The number of thiophene rings is 1. The number of hydrogen-bond acceptors (Lipinski definition) is 4. The number of nitrogens with zero attached hydrogens (tertiary/aromatic N) is 1. The SMILES string of the molecule is CC(C)[C@H](CS(=O)(=O)N1CCc2c(sc3ccccc23)C1)C(=O)O. The third-order valence-electron chi connectivity index (χ3n) is 4.62. The van der Waals surface area contributed by atoms with Gasteiger partial charge in [0.25, 0.3) is 0 Å². The maximum Gasteiger partial charge on any atom is 0.307 e. The Bertz CT molecular complexity index is 870. The van der Waals surface area contributed by atoms with E-state index in [1.807, 2.05) is 12.1 Å². The van der Waals surface area contributed by atoms with E-state index >= 15 is 0 Å². The summed E-state index contributed by atoms with van der Waals surface area (Å²) in [5, 5.41) is 10.5. The highest BCUT2D eigenvalue weighted by Gasteiger charge is 2.34. The van der Waals surface area contributed by atoms with Gasteiger partial charge in [-0.15, -0.1) is 11.3 Å². The first-order valence-corrected chi connectivity index (χ1v) is 10.4. The van der Waals surface area contributed by atoms with E-state index in [9.17, 15) is 18.3 Å². The molecule has 1 N–H and O–H groups in total. The van der Waals surface area contributed by atoms with Gasteiger partial charge in [0.15, 0.2) is 0 Å². The molecule has 7 heteroatoms. The molecule has 0 amide bonds. The molecule has 0 saturated heterocycles. The molecule has 1 atom stereocenters. The Morgan fingerprint density at radius 2 is 2.04 bits per heavy atom. The van der Waals surface area contributed by atoms with Crippen LogP contribution in [0.25, 0.3) is 10.1 Å². The van der Waals surface area contributed by atoms with E-state index in [0.29, 0.717) is 19.5 Å². The lowest BCUT2D eigenvalue weighted by Gasteiger charge is -2.28. The first-order chi connectivity index (χ1) is 11.3. The maximum absolute atomic E-state index is 12.7. The molecule has 0 saturated carbocycles. The van der Waals surface area contributed by atoms with Crippen molar-refractivity contribution in [2.45, 2.75) is 26.8 Å². The summed E-state index contributed by atoms with van der Waals surface area (Å²) < 4.78 is 28.0. The Balaban J connectivity index is 1.85. The van der Waals surface area contributed by atoms with E-state index in [4.69, 9.17) is 0 Å². The predicted octanol–water partition coefficient (Wildman–Crippen LogP) is 2.95. The number of sulfonamides is 1. The van der Waals surface area contributed by atoms with Gasteiger partial charge in [0.1, 0.15) is 0 Å². The highest BCUT2D eigenvalue weighted by molar-refractivity contribution is 7.89. The Hall–Kier alpha value is -1.44. The second kappa shape index (κ2) is 6.46. The number of benzene rings is 1. The van der Waals surface area contributed by atoms with E-state index in [-0.39, 0.29) is 11.7 Å². The molecule has 2 heterocycles. The average Bonchev–Trinajstić information content (AvgIpc) is 2.89. The molecule has 2 aromatic rings. The van der Waals surface area contributed by atoms with Crippen molar-refractivity contribution in [1.82, 2.24) is 4.31 Å². The molecule has 24 heavy (non-hydrogen) atoms. The van der Waals surface area contributed by atoms with Crippen LogP contribution in [0, 0.1) is 11.8 Å². The number of fused-ring (bicyclic) bond motifs is 3. The molecule has 1 aliphatic rings. The third-order valence-corrected chi connectivity index (χ3v) is 7.70. The van der Waals surface area contributed by atoms with Gasteiger partial charge in [-0.3, -0.25) is 4.79 Å². The van der Waals surface area contributed by atoms with Crippen LogP contribution in [0.2, 0.25) is 0 Å². The summed E-state index contributed by atoms with van der Waals surface area (Å²) in [5.41, 5.74) is 1.24. The molecule has 1 aliphatic heterocycles. The van der Waals surface area contributed by atoms with Crippen LogP contribution in [0.15, 0.2) is 24.3 Å². The summed E-state index contributed by atoms with van der Waals surface area (Å²) >= 11 is 1.63. The fraction of sp³-hybridized carbons (Fsp3) is 0.471. The Labute approximate surface area is 146 Å². The molecule has 0 radical (unpaired) electrons. The summed E-state index contributed by atoms with van der Waals surface area (Å²) in [4.78, 5) is 12.4. The Morgan fingerprint density at radius 3 is 2.71 bits per heavy atom. The van der Waals surface area contributed by atoms with Gasteiger partial charge in [-0.2, -0.15) is 4.31 Å². The van der Waals surface area contributed by atoms with Gasteiger partial charge < -0.3 is 5.11 Å². The van der Waals surface area contributed by atoms with Gasteiger partial charge in [-0.1, -0.05) is 32.0 Å². The summed E-state index contributed by atoms with van der Waals surface area (Å²) in [6, 6.07) is 8.11. The van der Waals surface area contributed by atoms with Gasteiger partial charge in [0.05, 0.1) is 11.7 Å². The minimum atomic E-state index is -3.59. The van der Waals surface area contributed by atoms with Crippen molar-refractivity contribution in [1.29, 1.82) is 0 Å². The largest absolute Gasteiger partial charge is 0.481 e. The minimum absolute atomic E-state index is 0.220. The van der Waals surface area contributed by atoms with Crippen molar-refractivity contribution in [3.05, 3.63) is 34.7 Å². The number of carboxylic acids is 1. The molecule has 0 aliphatic carbocycles. The van der Waals surface area contributed by atoms with Gasteiger partial charge in [0.2, 0.25) is 10.0 Å². The zero-order valence-electron chi connectivity index (χ0n) is 13.7. The number of hydrogen-bond donors (Lipinski definition) is 1. The molecular weight excluding hydrogens is 346 g/mol. The molecular formula is C17H21NO4S2. The molecule has 130 valence electrons. The molecule has 0 bridgehead atoms. The molecule has 1 aromatic heterocycles. The molecule has 5 nitrogen and oxygen atoms in total. The second-order valence-corrected chi connectivity index (χ2v) is 9.70. The zero-order valence-corrected chi connectivity index (χ0v) is 15.4. The first kappa shape index (κ1) is 17.4. The van der Waals surface area contributed by atoms with Crippen LogP contribution in [-0.4, -0.2) is 36.1 Å². The number of carboxylic acid groups (broad SMARTS) is 1. The third kappa shape index (κ3) is 3.20. The fourth-order valence-corrected chi connectivity index (χ4v) is 6.38. The van der Waals surface area contributed by atoms with Crippen molar-refractivity contribution >= 4 is 37.4 Å². The average molecular weight is 367 g/mol. The first-order valence-electron chi connectivity index (χ1n) is 7.99. The van der Waals surface area contributed by atoms with Crippen LogP contribution >= 0.6 is 11.3 Å². The summed E-state index contributed by atoms with van der Waals surface area (Å²) in [6.07, 6.45) is 0.679. The van der Waals surface area contributed by atoms with Gasteiger partial charge in [-0.25, -0.2) is 8.42 Å². The van der Waals surface area contributed by atoms with E-state index in [1.165, 1.54) is 20.0 Å². The monoisotopic (exact) mass is 367 g/mol. The van der Waals surface area contributed by atoms with Gasteiger partial charge in [-0.05, 0) is 29.4 Å². The van der Waals surface area contributed by atoms with Crippen molar-refractivity contribution in [2.75, 3.05) is 12.3 Å². The highest BCUT2D eigenvalue weighted by Crippen LogP contribution is 2.36. The zero-order chi connectivity index (χ0) is 17.5. The summed E-state index contributed by atoms with van der Waals surface area (Å²) in [7, 11) is -3.59.